The van der Waals surface area contributed by atoms with Crippen molar-refractivity contribution in [3.63, 3.8) is 0 Å². The molecule has 0 unspecified atom stereocenters. The number of thioether (sulfide) groups is 1. The molecular formula is C13H18F3NO3S3Si. The van der Waals surface area contributed by atoms with Crippen molar-refractivity contribution >= 4 is 51.5 Å². The molecule has 0 atom stereocenters. The maximum Gasteiger partial charge on any atom is 0.485 e. The Morgan fingerprint density at radius 2 is 1.79 bits per heavy atom. The van der Waals surface area contributed by atoms with Crippen LogP contribution in [-0.2, 0) is 16.3 Å². The first-order chi connectivity index (χ1) is 10.8. The van der Waals surface area contributed by atoms with Gasteiger partial charge in [0.15, 0.2) is 14.8 Å². The third-order valence-corrected chi connectivity index (χ3v) is 6.78. The van der Waals surface area contributed by atoms with Gasteiger partial charge in [-0.3, -0.25) is 0 Å². The molecule has 1 aromatic carbocycles. The number of para-hydroxylation sites is 1. The predicted octanol–water partition coefficient (Wildman–Crippen LogP) is 4.63. The van der Waals surface area contributed by atoms with Crippen LogP contribution in [0.4, 0.5) is 13.2 Å². The molecule has 0 spiro atoms. The fourth-order valence-corrected chi connectivity index (χ4v) is 5.17. The number of benzene rings is 1. The predicted molar refractivity (Wildman–Crippen MR) is 95.1 cm³/mol. The van der Waals surface area contributed by atoms with E-state index in [2.05, 4.69) is 54.7 Å². The van der Waals surface area contributed by atoms with Crippen LogP contribution in [0.1, 0.15) is 0 Å². The standard InChI is InChI=1S/C12H18NS2Si.CHF3O3S/c1-14-12-13(9-16(2,3)4)10-7-5-6-8-11(10)15-12;2-1(3,4)8(5,6)7/h5-8H,9H2,1-4H3;(H,5,6,7)/q+1;/p-1. The van der Waals surface area contributed by atoms with Gasteiger partial charge in [-0.05, 0) is 23.9 Å². The zero-order chi connectivity index (χ0) is 18.8. The molecular weight excluding hydrogens is 399 g/mol. The number of hydrogen-bond donors (Lipinski definition) is 0. The molecule has 0 radical (unpaired) electrons. The van der Waals surface area contributed by atoms with Gasteiger partial charge >= 0.3 is 5.51 Å². The quantitative estimate of drug-likeness (QED) is 0.240. The highest BCUT2D eigenvalue weighted by atomic mass is 32.2. The molecule has 11 heteroatoms. The van der Waals surface area contributed by atoms with Crippen molar-refractivity contribution in [2.45, 2.75) is 35.7 Å². The maximum atomic E-state index is 10.7. The van der Waals surface area contributed by atoms with Crippen molar-refractivity contribution in [3.8, 4) is 0 Å². The molecule has 2 aromatic rings. The first-order valence-corrected chi connectivity index (χ1v) is 13.9. The Labute approximate surface area is 148 Å². The lowest BCUT2D eigenvalue weighted by molar-refractivity contribution is -0.0517. The molecule has 0 N–H and O–H groups in total. The Kier molecular flexibility index (Phi) is 6.90. The molecule has 1 heterocycles. The summed E-state index contributed by atoms with van der Waals surface area (Å²) in [5.74, 6) is 0. The number of hydrogen-bond acceptors (Lipinski definition) is 5. The number of fused-ring (bicyclic) bond motifs is 1. The SMILES string of the molecule is CS[c+]1sc2ccccc2n1C[Si](C)(C)C.O=S(=O)([O-])C(F)(F)F. The minimum atomic E-state index is -6.09. The highest BCUT2D eigenvalue weighted by molar-refractivity contribution is 8.00. The van der Waals surface area contributed by atoms with E-state index in [1.54, 1.807) is 0 Å². The molecule has 0 aliphatic rings. The number of aromatic nitrogens is 1. The second-order valence-electron chi connectivity index (χ2n) is 6.09. The molecule has 0 amide bonds. The number of alkyl halides is 3. The van der Waals surface area contributed by atoms with Crippen LogP contribution in [0.5, 0.6) is 0 Å². The average molecular weight is 418 g/mol. The third-order valence-electron chi connectivity index (χ3n) is 2.66. The third kappa shape index (κ3) is 6.03. The van der Waals surface area contributed by atoms with Gasteiger partial charge in [0.1, 0.15) is 0 Å². The monoisotopic (exact) mass is 417 g/mol. The van der Waals surface area contributed by atoms with Gasteiger partial charge in [-0.2, -0.15) is 13.2 Å². The lowest BCUT2D eigenvalue weighted by Crippen LogP contribution is -2.28. The van der Waals surface area contributed by atoms with Crippen LogP contribution < -0.4 is 0 Å². The Morgan fingerprint density at radius 1 is 1.29 bits per heavy atom. The molecule has 1 aromatic heterocycles. The van der Waals surface area contributed by atoms with Crippen LogP contribution in [0.3, 0.4) is 0 Å². The number of rotatable bonds is 3. The summed E-state index contributed by atoms with van der Waals surface area (Å²) in [5.41, 5.74) is -4.24. The van der Waals surface area contributed by atoms with E-state index in [0.29, 0.717) is 0 Å². The first kappa shape index (κ1) is 21.4. The Hall–Kier alpha value is -0.623. The van der Waals surface area contributed by atoms with Crippen molar-refractivity contribution in [2.24, 2.45) is 0 Å². The summed E-state index contributed by atoms with van der Waals surface area (Å²) in [5, 5.41) is 0. The highest BCUT2D eigenvalue weighted by Gasteiger charge is 2.36. The lowest BCUT2D eigenvalue weighted by atomic mass is 10.3. The van der Waals surface area contributed by atoms with E-state index < -0.39 is 23.7 Å². The summed E-state index contributed by atoms with van der Waals surface area (Å²) in [7, 11) is -7.16. The van der Waals surface area contributed by atoms with Crippen LogP contribution in [-0.4, -0.2) is 37.4 Å². The first-order valence-electron chi connectivity index (χ1n) is 6.74. The van der Waals surface area contributed by atoms with E-state index in [4.69, 9.17) is 13.0 Å². The molecule has 0 aliphatic heterocycles. The number of thiazole rings is 1. The molecule has 2 rings (SSSR count). The Balaban J connectivity index is 0.000000307. The topological polar surface area (TPSA) is 62.1 Å². The summed E-state index contributed by atoms with van der Waals surface area (Å²) < 4.78 is 64.3. The van der Waals surface area contributed by atoms with Gasteiger partial charge in [0, 0.05) is 35.9 Å². The second kappa shape index (κ2) is 7.73. The largest absolute Gasteiger partial charge is 0.741 e. The molecule has 0 fully saturated rings. The fraction of sp³-hybridized carbons (Fsp3) is 0.462. The lowest BCUT2D eigenvalue weighted by Gasteiger charge is -2.14. The van der Waals surface area contributed by atoms with Crippen molar-refractivity contribution in [3.05, 3.63) is 24.3 Å². The van der Waals surface area contributed by atoms with E-state index in [-0.39, 0.29) is 0 Å². The Bertz CT molecular complexity index is 798. The molecule has 24 heavy (non-hydrogen) atoms. The summed E-state index contributed by atoms with van der Waals surface area (Å²) in [4.78, 5) is 0. The molecule has 4 nitrogen and oxygen atoms in total. The van der Waals surface area contributed by atoms with Crippen molar-refractivity contribution in [1.82, 2.24) is 4.57 Å². The zero-order valence-corrected chi connectivity index (χ0v) is 17.0. The van der Waals surface area contributed by atoms with Crippen LogP contribution in [0.15, 0.2) is 28.6 Å². The fourth-order valence-electron chi connectivity index (χ4n) is 1.79. The number of nitrogens with zero attached hydrogens (tertiary/aromatic N) is 1. The van der Waals surface area contributed by atoms with Gasteiger partial charge in [-0.25, -0.2) is 13.0 Å². The van der Waals surface area contributed by atoms with Gasteiger partial charge < -0.3 is 4.55 Å². The van der Waals surface area contributed by atoms with E-state index in [0.717, 1.165) is 0 Å². The molecule has 0 aliphatic carbocycles. The average Bonchev–Trinajstić information content (AvgIpc) is 2.73. The normalized spacial score (nSPS) is 12.8. The van der Waals surface area contributed by atoms with Crippen LogP contribution in [0, 0.1) is 0 Å². The summed E-state index contributed by atoms with van der Waals surface area (Å²) in [6.07, 6.45) is 3.39. The second-order valence-corrected chi connectivity index (χ2v) is 15.0. The van der Waals surface area contributed by atoms with Crippen molar-refractivity contribution < 1.29 is 26.1 Å². The van der Waals surface area contributed by atoms with Crippen LogP contribution in [0.2, 0.25) is 19.6 Å². The van der Waals surface area contributed by atoms with Gasteiger partial charge in [-0.15, -0.1) is 0 Å². The molecule has 0 bridgehead atoms. The molecule has 136 valence electrons. The van der Waals surface area contributed by atoms with Crippen molar-refractivity contribution in [2.75, 3.05) is 6.26 Å². The summed E-state index contributed by atoms with van der Waals surface area (Å²) in [6.45, 7) is 7.28. The molecule has 0 saturated heterocycles. The van der Waals surface area contributed by atoms with Gasteiger partial charge in [0.05, 0.1) is 8.07 Å². The van der Waals surface area contributed by atoms with E-state index in [9.17, 15) is 13.2 Å². The minimum absolute atomic E-state index is 1.07. The zero-order valence-electron chi connectivity index (χ0n) is 13.5. The number of halogens is 3. The van der Waals surface area contributed by atoms with Gasteiger partial charge in [0.2, 0.25) is 9.86 Å². The van der Waals surface area contributed by atoms with Gasteiger partial charge in [0.25, 0.3) is 0 Å². The van der Waals surface area contributed by atoms with E-state index in [1.807, 2.05) is 23.1 Å². The van der Waals surface area contributed by atoms with E-state index in [1.165, 1.54) is 20.7 Å². The highest BCUT2D eigenvalue weighted by Crippen LogP contribution is 2.32. The van der Waals surface area contributed by atoms with Crippen molar-refractivity contribution in [1.29, 1.82) is 0 Å². The molecule has 0 saturated carbocycles. The van der Waals surface area contributed by atoms with Crippen LogP contribution >= 0.6 is 23.1 Å². The van der Waals surface area contributed by atoms with E-state index >= 15 is 0 Å². The minimum Gasteiger partial charge on any atom is -0.741 e. The Morgan fingerprint density at radius 3 is 2.21 bits per heavy atom. The summed E-state index contributed by atoms with van der Waals surface area (Å²) in [6, 6.07) is 8.73. The summed E-state index contributed by atoms with van der Waals surface area (Å²) >= 11 is 3.78. The maximum absolute atomic E-state index is 10.7. The van der Waals surface area contributed by atoms with Gasteiger partial charge in [-0.1, -0.05) is 19.6 Å². The smallest absolute Gasteiger partial charge is 0.485 e. The van der Waals surface area contributed by atoms with Crippen LogP contribution in [0.25, 0.3) is 10.2 Å².